The molecule has 0 aromatic heterocycles. The normalized spacial score (nSPS) is 29.2. The molecule has 0 unspecified atom stereocenters. The SMILES string of the molecule is O=C(N[CH2][Ge]12[O]CCN(CC[O]1)CC[O]2)c1ccccc1. The first kappa shape index (κ1) is 15.0. The maximum atomic E-state index is 12.1. The number of hydrogen-bond acceptors (Lipinski definition) is 5. The summed E-state index contributed by atoms with van der Waals surface area (Å²) >= 11 is -3.35. The van der Waals surface area contributed by atoms with E-state index in [4.69, 9.17) is 11.3 Å². The third-order valence-corrected chi connectivity index (χ3v) is 9.02. The first-order chi connectivity index (χ1) is 10.3. The Balaban J connectivity index is 1.63. The van der Waals surface area contributed by atoms with E-state index in [2.05, 4.69) is 10.2 Å². The van der Waals surface area contributed by atoms with Crippen molar-refractivity contribution in [3.05, 3.63) is 35.9 Å². The van der Waals surface area contributed by atoms with Crippen molar-refractivity contribution in [2.75, 3.05) is 44.8 Å². The van der Waals surface area contributed by atoms with Crippen molar-refractivity contribution in [3.8, 4) is 0 Å². The molecule has 3 heterocycles. The van der Waals surface area contributed by atoms with Gasteiger partial charge in [0.25, 0.3) is 0 Å². The Bertz CT molecular complexity index is 459. The number of rotatable bonds is 3. The summed E-state index contributed by atoms with van der Waals surface area (Å²) in [7, 11) is 0. The molecular weight excluding hydrogens is 333 g/mol. The second kappa shape index (κ2) is 6.89. The summed E-state index contributed by atoms with van der Waals surface area (Å²) in [5, 5.41) is 3.28. The topological polar surface area (TPSA) is 60.0 Å². The third-order valence-electron chi connectivity index (χ3n) is 3.69. The van der Waals surface area contributed by atoms with Crippen molar-refractivity contribution < 1.29 is 16.1 Å². The molecule has 0 atom stereocenters. The number of fused-ring (bicyclic) bond motifs is 6. The quantitative estimate of drug-likeness (QED) is 0.791. The zero-order valence-corrected chi connectivity index (χ0v) is 14.0. The van der Waals surface area contributed by atoms with E-state index in [1.807, 2.05) is 18.2 Å². The number of nitrogens with one attached hydrogen (secondary N) is 1. The van der Waals surface area contributed by atoms with Gasteiger partial charge in [-0.15, -0.1) is 0 Å². The average molecular weight is 353 g/mol. The number of nitrogens with zero attached hydrogens (tertiary/aromatic N) is 1. The van der Waals surface area contributed by atoms with Gasteiger partial charge in [0.05, 0.1) is 0 Å². The summed E-state index contributed by atoms with van der Waals surface area (Å²) in [5.41, 5.74) is 0.638. The summed E-state index contributed by atoms with van der Waals surface area (Å²) in [6.45, 7) is 4.56. The molecule has 21 heavy (non-hydrogen) atoms. The zero-order chi connectivity index (χ0) is 14.5. The molecule has 3 aliphatic rings. The van der Waals surface area contributed by atoms with Gasteiger partial charge in [0.2, 0.25) is 0 Å². The first-order valence-corrected chi connectivity index (χ1v) is 11.3. The minimum absolute atomic E-state index is 0.114. The van der Waals surface area contributed by atoms with Crippen molar-refractivity contribution in [2.24, 2.45) is 0 Å². The molecule has 7 heteroatoms. The molecule has 3 saturated heterocycles. The number of carbonyl (C=O) groups is 1. The fourth-order valence-electron chi connectivity index (χ4n) is 2.48. The Morgan fingerprint density at radius 3 is 2.19 bits per heavy atom. The second-order valence-corrected chi connectivity index (χ2v) is 10.5. The monoisotopic (exact) mass is 354 g/mol. The van der Waals surface area contributed by atoms with Gasteiger partial charge in [0.1, 0.15) is 0 Å². The van der Waals surface area contributed by atoms with E-state index in [1.54, 1.807) is 12.1 Å². The van der Waals surface area contributed by atoms with Gasteiger partial charge in [-0.3, -0.25) is 0 Å². The molecule has 0 saturated carbocycles. The van der Waals surface area contributed by atoms with Gasteiger partial charge in [-0.2, -0.15) is 0 Å². The summed E-state index contributed by atoms with van der Waals surface area (Å²) in [6, 6.07) is 9.15. The van der Waals surface area contributed by atoms with Gasteiger partial charge in [-0.1, -0.05) is 0 Å². The van der Waals surface area contributed by atoms with Crippen LogP contribution in [-0.2, 0) is 11.3 Å². The van der Waals surface area contributed by atoms with Crippen LogP contribution >= 0.6 is 0 Å². The van der Waals surface area contributed by atoms with E-state index in [0.717, 1.165) is 19.6 Å². The van der Waals surface area contributed by atoms with Crippen molar-refractivity contribution in [2.45, 2.75) is 0 Å². The minimum atomic E-state index is -3.35. The van der Waals surface area contributed by atoms with E-state index < -0.39 is 14.3 Å². The summed E-state index contributed by atoms with van der Waals surface area (Å²) in [6.07, 6.45) is 0. The van der Waals surface area contributed by atoms with E-state index in [0.29, 0.717) is 30.8 Å². The standard InChI is InChI=1S/C14H20GeN2O4/c18-14(13-4-2-1-3-5-13)16-12-15-19-9-6-17(7-10-20-15)8-11-21-15/h1-5H,6-12H2,(H,16,18). The molecule has 1 N–H and O–H groups in total. The molecular formula is C14H20GeN2O4. The third kappa shape index (κ3) is 3.84. The molecule has 1 aromatic rings. The fourth-order valence-corrected chi connectivity index (χ4v) is 6.97. The van der Waals surface area contributed by atoms with E-state index in [1.165, 1.54) is 0 Å². The fraction of sp³-hybridized carbons (Fsp3) is 0.500. The first-order valence-electron chi connectivity index (χ1n) is 7.25. The van der Waals surface area contributed by atoms with Crippen molar-refractivity contribution >= 4 is 20.2 Å². The van der Waals surface area contributed by atoms with Crippen LogP contribution < -0.4 is 5.32 Å². The molecule has 4 rings (SSSR count). The van der Waals surface area contributed by atoms with Crippen molar-refractivity contribution in [1.82, 2.24) is 10.2 Å². The molecule has 0 spiro atoms. The van der Waals surface area contributed by atoms with Gasteiger partial charge >= 0.3 is 127 Å². The zero-order valence-electron chi connectivity index (χ0n) is 11.9. The molecule has 0 radical (unpaired) electrons. The molecule has 0 aliphatic carbocycles. The molecule has 3 aliphatic heterocycles. The Morgan fingerprint density at radius 2 is 1.62 bits per heavy atom. The summed E-state index contributed by atoms with van der Waals surface area (Å²) in [5.74, 6) is -0.114. The number of amides is 1. The average Bonchev–Trinajstić information content (AvgIpc) is 2.45. The van der Waals surface area contributed by atoms with Crippen LogP contribution in [0.15, 0.2) is 30.3 Å². The Morgan fingerprint density at radius 1 is 1.05 bits per heavy atom. The number of benzene rings is 1. The maximum absolute atomic E-state index is 12.1. The van der Waals surface area contributed by atoms with Gasteiger partial charge in [0.15, 0.2) is 0 Å². The molecule has 1 amide bonds. The van der Waals surface area contributed by atoms with E-state index in [9.17, 15) is 4.79 Å². The van der Waals surface area contributed by atoms with Crippen LogP contribution in [0.25, 0.3) is 0 Å². The molecule has 3 fully saturated rings. The van der Waals surface area contributed by atoms with Crippen LogP contribution in [-0.4, -0.2) is 69.9 Å². The number of hydrogen-bond donors (Lipinski definition) is 1. The van der Waals surface area contributed by atoms with Crippen LogP contribution in [0.4, 0.5) is 0 Å². The molecule has 6 nitrogen and oxygen atoms in total. The second-order valence-electron chi connectivity index (χ2n) is 5.12. The van der Waals surface area contributed by atoms with Gasteiger partial charge < -0.3 is 0 Å². The molecule has 2 bridgehead atoms. The summed E-state index contributed by atoms with van der Waals surface area (Å²) < 4.78 is 17.7. The van der Waals surface area contributed by atoms with Crippen molar-refractivity contribution in [1.29, 1.82) is 0 Å². The molecule has 114 valence electrons. The summed E-state index contributed by atoms with van der Waals surface area (Å²) in [4.78, 5) is 14.4. The van der Waals surface area contributed by atoms with E-state index in [-0.39, 0.29) is 5.91 Å². The van der Waals surface area contributed by atoms with Crippen LogP contribution in [0.1, 0.15) is 10.4 Å². The Labute approximate surface area is 127 Å². The van der Waals surface area contributed by atoms with Gasteiger partial charge in [0, 0.05) is 0 Å². The van der Waals surface area contributed by atoms with Crippen LogP contribution in [0.5, 0.6) is 0 Å². The van der Waals surface area contributed by atoms with E-state index >= 15 is 0 Å². The van der Waals surface area contributed by atoms with Gasteiger partial charge in [-0.25, -0.2) is 0 Å². The Kier molecular flexibility index (Phi) is 4.92. The number of carbonyl (C=O) groups excluding carboxylic acids is 1. The van der Waals surface area contributed by atoms with Gasteiger partial charge in [-0.05, 0) is 0 Å². The van der Waals surface area contributed by atoms with Crippen LogP contribution in [0, 0.1) is 0 Å². The van der Waals surface area contributed by atoms with Crippen LogP contribution in [0.2, 0.25) is 0 Å². The predicted molar refractivity (Wildman–Crippen MR) is 78.8 cm³/mol. The van der Waals surface area contributed by atoms with Crippen molar-refractivity contribution in [3.63, 3.8) is 0 Å². The predicted octanol–water partition coefficient (Wildman–Crippen LogP) is 0.274. The molecule has 1 aromatic carbocycles. The Hall–Kier alpha value is -0.927. The van der Waals surface area contributed by atoms with Crippen LogP contribution in [0.3, 0.4) is 0 Å².